The minimum absolute atomic E-state index is 0.184. The molecule has 7 nitrogen and oxygen atoms in total. The highest BCUT2D eigenvalue weighted by molar-refractivity contribution is 7.09. The largest absolute Gasteiger partial charge is 0.370 e. The minimum Gasteiger partial charge on any atom is -0.370 e. The molecule has 2 amide bonds. The number of hydrogen-bond donors (Lipinski definition) is 3. The quantitative estimate of drug-likeness (QED) is 0.565. The average molecular weight is 299 g/mol. The summed E-state index contributed by atoms with van der Waals surface area (Å²) in [6.45, 7) is 5.22. The number of morpholine rings is 1. The lowest BCUT2D eigenvalue weighted by atomic mass is 10.4. The number of aryl methyl sites for hydroxylation is 1. The molecule has 8 heteroatoms. The van der Waals surface area contributed by atoms with Gasteiger partial charge in [0.25, 0.3) is 5.91 Å². The standard InChI is InChI=1S/C12H18N4O3S/c1-9-8-20-12(13-9)6-10(17)14-15-11(18)7-16-2-4-19-5-3-16/h8H,2-7H2,1H3,(H,14,17)(H,15,18)/p+1. The summed E-state index contributed by atoms with van der Waals surface area (Å²) in [6.07, 6.45) is 0.184. The van der Waals surface area contributed by atoms with Crippen molar-refractivity contribution in [1.82, 2.24) is 15.8 Å². The lowest BCUT2D eigenvalue weighted by Crippen LogP contribution is -3.15. The molecule has 110 valence electrons. The van der Waals surface area contributed by atoms with E-state index >= 15 is 0 Å². The Morgan fingerprint density at radius 1 is 1.35 bits per heavy atom. The highest BCUT2D eigenvalue weighted by Crippen LogP contribution is 2.08. The molecule has 0 bridgehead atoms. The van der Waals surface area contributed by atoms with Gasteiger partial charge in [0, 0.05) is 11.1 Å². The monoisotopic (exact) mass is 299 g/mol. The third kappa shape index (κ3) is 4.87. The summed E-state index contributed by atoms with van der Waals surface area (Å²) < 4.78 is 5.22. The van der Waals surface area contributed by atoms with E-state index in [1.807, 2.05) is 12.3 Å². The highest BCUT2D eigenvalue weighted by Gasteiger charge is 2.17. The summed E-state index contributed by atoms with van der Waals surface area (Å²) in [7, 11) is 0. The van der Waals surface area contributed by atoms with E-state index in [1.165, 1.54) is 16.2 Å². The summed E-state index contributed by atoms with van der Waals surface area (Å²) >= 11 is 1.44. The first-order valence-corrected chi connectivity index (χ1v) is 7.41. The van der Waals surface area contributed by atoms with Gasteiger partial charge in [0.2, 0.25) is 5.91 Å². The Labute approximate surface area is 121 Å². The Balaban J connectivity index is 1.66. The second-order valence-corrected chi connectivity index (χ2v) is 5.64. The molecule has 0 aromatic carbocycles. The fourth-order valence-electron chi connectivity index (χ4n) is 1.91. The molecular weight excluding hydrogens is 280 g/mol. The SMILES string of the molecule is Cc1csc(CC(=O)NNC(=O)C[NH+]2CCOCC2)n1. The molecule has 1 aromatic rings. The third-order valence-corrected chi connectivity index (χ3v) is 3.90. The van der Waals surface area contributed by atoms with Crippen molar-refractivity contribution >= 4 is 23.2 Å². The third-order valence-electron chi connectivity index (χ3n) is 2.93. The summed E-state index contributed by atoms with van der Waals surface area (Å²) in [5, 5.41) is 2.64. The minimum atomic E-state index is -0.260. The van der Waals surface area contributed by atoms with E-state index < -0.39 is 0 Å². The second kappa shape index (κ2) is 7.32. The number of nitrogens with one attached hydrogen (secondary N) is 3. The molecule has 0 aliphatic carbocycles. The van der Waals surface area contributed by atoms with Crippen molar-refractivity contribution in [3.8, 4) is 0 Å². The van der Waals surface area contributed by atoms with Gasteiger partial charge >= 0.3 is 0 Å². The van der Waals surface area contributed by atoms with Crippen molar-refractivity contribution in [2.45, 2.75) is 13.3 Å². The predicted molar refractivity (Wildman–Crippen MR) is 73.2 cm³/mol. The predicted octanol–water partition coefficient (Wildman–Crippen LogP) is -1.94. The Morgan fingerprint density at radius 3 is 2.70 bits per heavy atom. The first-order chi connectivity index (χ1) is 9.63. The van der Waals surface area contributed by atoms with Crippen molar-refractivity contribution in [2.75, 3.05) is 32.8 Å². The van der Waals surface area contributed by atoms with Gasteiger partial charge in [-0.1, -0.05) is 0 Å². The van der Waals surface area contributed by atoms with Crippen LogP contribution in [-0.4, -0.2) is 49.6 Å². The molecule has 2 rings (SSSR count). The van der Waals surface area contributed by atoms with Crippen LogP contribution in [0.1, 0.15) is 10.7 Å². The maximum absolute atomic E-state index is 11.7. The Kier molecular flexibility index (Phi) is 5.45. The highest BCUT2D eigenvalue weighted by atomic mass is 32.1. The van der Waals surface area contributed by atoms with Crippen LogP contribution >= 0.6 is 11.3 Å². The number of carbonyl (C=O) groups excluding carboxylic acids is 2. The Bertz CT molecular complexity index is 471. The topological polar surface area (TPSA) is 84.8 Å². The Morgan fingerprint density at radius 2 is 2.05 bits per heavy atom. The van der Waals surface area contributed by atoms with Gasteiger partial charge in [0.15, 0.2) is 6.54 Å². The molecule has 2 heterocycles. The van der Waals surface area contributed by atoms with Crippen LogP contribution in [0.5, 0.6) is 0 Å². The van der Waals surface area contributed by atoms with Gasteiger partial charge in [-0.25, -0.2) is 4.98 Å². The molecule has 0 radical (unpaired) electrons. The van der Waals surface area contributed by atoms with Gasteiger partial charge in [-0.15, -0.1) is 11.3 Å². The number of hydrazine groups is 1. The van der Waals surface area contributed by atoms with Crippen LogP contribution < -0.4 is 15.8 Å². The van der Waals surface area contributed by atoms with E-state index in [-0.39, 0.29) is 18.2 Å². The summed E-state index contributed by atoms with van der Waals surface area (Å²) in [4.78, 5) is 28.7. The molecule has 1 aromatic heterocycles. The number of ether oxygens (including phenoxy) is 1. The maximum atomic E-state index is 11.7. The van der Waals surface area contributed by atoms with Crippen LogP contribution in [0, 0.1) is 6.92 Å². The lowest BCUT2D eigenvalue weighted by molar-refractivity contribution is -0.900. The molecular formula is C12H19N4O3S+. The van der Waals surface area contributed by atoms with Crippen LogP contribution in [0.4, 0.5) is 0 Å². The smallest absolute Gasteiger partial charge is 0.293 e. The zero-order chi connectivity index (χ0) is 14.4. The van der Waals surface area contributed by atoms with Crippen molar-refractivity contribution in [3.63, 3.8) is 0 Å². The summed E-state index contributed by atoms with van der Waals surface area (Å²) in [5.41, 5.74) is 5.75. The molecule has 3 N–H and O–H groups in total. The van der Waals surface area contributed by atoms with E-state index in [2.05, 4.69) is 15.8 Å². The average Bonchev–Trinajstić information content (AvgIpc) is 2.83. The number of amides is 2. The fraction of sp³-hybridized carbons (Fsp3) is 0.583. The molecule has 0 atom stereocenters. The van der Waals surface area contributed by atoms with Crippen LogP contribution in [-0.2, 0) is 20.7 Å². The van der Waals surface area contributed by atoms with Crippen LogP contribution in [0.25, 0.3) is 0 Å². The summed E-state index contributed by atoms with van der Waals surface area (Å²) in [6, 6.07) is 0. The number of hydrogen-bond acceptors (Lipinski definition) is 5. The molecule has 0 spiro atoms. The number of aromatic nitrogens is 1. The zero-order valence-electron chi connectivity index (χ0n) is 11.4. The number of carbonyl (C=O) groups is 2. The van der Waals surface area contributed by atoms with E-state index in [0.717, 1.165) is 23.8 Å². The first kappa shape index (κ1) is 14.9. The van der Waals surface area contributed by atoms with Crippen molar-refractivity contribution < 1.29 is 19.2 Å². The van der Waals surface area contributed by atoms with E-state index in [9.17, 15) is 9.59 Å². The van der Waals surface area contributed by atoms with Crippen LogP contribution in [0.15, 0.2) is 5.38 Å². The van der Waals surface area contributed by atoms with E-state index in [0.29, 0.717) is 19.8 Å². The molecule has 1 saturated heterocycles. The zero-order valence-corrected chi connectivity index (χ0v) is 12.2. The fourth-order valence-corrected chi connectivity index (χ4v) is 2.68. The molecule has 1 aliphatic rings. The van der Waals surface area contributed by atoms with Crippen molar-refractivity contribution in [1.29, 1.82) is 0 Å². The first-order valence-electron chi connectivity index (χ1n) is 6.53. The van der Waals surface area contributed by atoms with Gasteiger partial charge in [0.1, 0.15) is 18.1 Å². The lowest BCUT2D eigenvalue weighted by Gasteiger charge is -2.23. The number of rotatable bonds is 4. The normalized spacial score (nSPS) is 15.8. The number of quaternary nitrogens is 1. The molecule has 0 saturated carbocycles. The van der Waals surface area contributed by atoms with E-state index in [4.69, 9.17) is 4.74 Å². The molecule has 1 fully saturated rings. The molecule has 0 unspecified atom stereocenters. The van der Waals surface area contributed by atoms with Crippen molar-refractivity contribution in [3.05, 3.63) is 16.1 Å². The van der Waals surface area contributed by atoms with Gasteiger partial charge < -0.3 is 9.64 Å². The van der Waals surface area contributed by atoms with E-state index in [1.54, 1.807) is 0 Å². The number of thiazole rings is 1. The Hall–Kier alpha value is -1.51. The van der Waals surface area contributed by atoms with Gasteiger partial charge in [-0.2, -0.15) is 0 Å². The van der Waals surface area contributed by atoms with Crippen LogP contribution in [0.3, 0.4) is 0 Å². The van der Waals surface area contributed by atoms with Crippen LogP contribution in [0.2, 0.25) is 0 Å². The number of nitrogens with zero attached hydrogens (tertiary/aromatic N) is 1. The molecule has 20 heavy (non-hydrogen) atoms. The van der Waals surface area contributed by atoms with Crippen molar-refractivity contribution in [2.24, 2.45) is 0 Å². The van der Waals surface area contributed by atoms with Gasteiger partial charge in [0.05, 0.1) is 19.6 Å². The van der Waals surface area contributed by atoms with Gasteiger partial charge in [-0.05, 0) is 6.92 Å². The second-order valence-electron chi connectivity index (χ2n) is 4.69. The van der Waals surface area contributed by atoms with Gasteiger partial charge in [-0.3, -0.25) is 20.4 Å². The molecule has 1 aliphatic heterocycles. The summed E-state index contributed by atoms with van der Waals surface area (Å²) in [5.74, 6) is -0.449. The maximum Gasteiger partial charge on any atom is 0.293 e.